The van der Waals surface area contributed by atoms with Crippen molar-refractivity contribution in [3.63, 3.8) is 0 Å². The van der Waals surface area contributed by atoms with E-state index in [2.05, 4.69) is 10.3 Å². The van der Waals surface area contributed by atoms with Crippen LogP contribution in [0.2, 0.25) is 5.02 Å². The minimum absolute atomic E-state index is 0.0256. The number of benzene rings is 2. The summed E-state index contributed by atoms with van der Waals surface area (Å²) in [6.45, 7) is 0. The van der Waals surface area contributed by atoms with Crippen molar-refractivity contribution < 1.29 is 4.79 Å². The molecule has 116 valence electrons. The van der Waals surface area contributed by atoms with Crippen LogP contribution in [0.4, 0.5) is 0 Å². The zero-order chi connectivity index (χ0) is 15.8. The van der Waals surface area contributed by atoms with Gasteiger partial charge in [-0.15, -0.1) is 0 Å². The Morgan fingerprint density at radius 2 is 2.00 bits per heavy atom. The van der Waals surface area contributed by atoms with Crippen LogP contribution in [0.25, 0.3) is 10.9 Å². The second kappa shape index (κ2) is 5.74. The monoisotopic (exact) mass is 324 g/mol. The molecule has 2 aromatic carbocycles. The Balaban J connectivity index is 1.68. The number of carbonyl (C=O) groups is 1. The summed E-state index contributed by atoms with van der Waals surface area (Å²) in [4.78, 5) is 15.9. The zero-order valence-electron chi connectivity index (χ0n) is 12.6. The van der Waals surface area contributed by atoms with Gasteiger partial charge in [0.25, 0.3) is 5.91 Å². The van der Waals surface area contributed by atoms with Gasteiger partial charge in [0.1, 0.15) is 0 Å². The summed E-state index contributed by atoms with van der Waals surface area (Å²) >= 11 is 6.14. The summed E-state index contributed by atoms with van der Waals surface area (Å²) in [7, 11) is 0. The lowest BCUT2D eigenvalue weighted by atomic mass is 9.91. The van der Waals surface area contributed by atoms with Crippen molar-refractivity contribution in [2.45, 2.75) is 25.3 Å². The maximum atomic E-state index is 12.4. The lowest BCUT2D eigenvalue weighted by Crippen LogP contribution is -2.31. The Kier molecular flexibility index (Phi) is 3.58. The number of H-pyrrole nitrogens is 1. The van der Waals surface area contributed by atoms with Crippen molar-refractivity contribution in [3.05, 3.63) is 70.4 Å². The van der Waals surface area contributed by atoms with E-state index in [1.165, 1.54) is 10.9 Å². The number of fused-ring (bicyclic) bond motifs is 3. The molecule has 1 aromatic heterocycles. The van der Waals surface area contributed by atoms with Crippen LogP contribution in [-0.4, -0.2) is 10.9 Å². The predicted molar refractivity (Wildman–Crippen MR) is 92.9 cm³/mol. The predicted octanol–water partition coefficient (Wildman–Crippen LogP) is 4.63. The van der Waals surface area contributed by atoms with Gasteiger partial charge in [0.2, 0.25) is 0 Å². The molecule has 3 nitrogen and oxygen atoms in total. The quantitative estimate of drug-likeness (QED) is 0.709. The highest BCUT2D eigenvalue weighted by molar-refractivity contribution is 6.31. The summed E-state index contributed by atoms with van der Waals surface area (Å²) in [5, 5.41) is 5.08. The molecule has 2 N–H and O–H groups in total. The Hall–Kier alpha value is -2.26. The molecule has 0 fully saturated rings. The van der Waals surface area contributed by atoms with E-state index < -0.39 is 0 Å². The highest BCUT2D eigenvalue weighted by Crippen LogP contribution is 2.35. The summed E-state index contributed by atoms with van der Waals surface area (Å²) in [6.07, 6.45) is 3.03. The first-order chi connectivity index (χ1) is 11.2. The van der Waals surface area contributed by atoms with Crippen LogP contribution in [0.5, 0.6) is 0 Å². The van der Waals surface area contributed by atoms with Crippen molar-refractivity contribution in [3.8, 4) is 0 Å². The molecule has 1 atom stereocenters. The van der Waals surface area contributed by atoms with Gasteiger partial charge in [-0.3, -0.25) is 4.79 Å². The number of hydrogen-bond donors (Lipinski definition) is 2. The van der Waals surface area contributed by atoms with Gasteiger partial charge in [-0.05, 0) is 55.2 Å². The van der Waals surface area contributed by atoms with Crippen molar-refractivity contribution in [2.75, 3.05) is 0 Å². The van der Waals surface area contributed by atoms with Gasteiger partial charge in [0.15, 0.2) is 0 Å². The zero-order valence-corrected chi connectivity index (χ0v) is 13.4. The third-order valence-electron chi connectivity index (χ3n) is 4.51. The number of rotatable bonds is 2. The Morgan fingerprint density at radius 3 is 2.83 bits per heavy atom. The minimum atomic E-state index is -0.0276. The normalized spacial score (nSPS) is 17.0. The fourth-order valence-electron chi connectivity index (χ4n) is 3.41. The topological polar surface area (TPSA) is 44.9 Å². The van der Waals surface area contributed by atoms with Gasteiger partial charge in [-0.2, -0.15) is 0 Å². The van der Waals surface area contributed by atoms with Crippen molar-refractivity contribution in [1.29, 1.82) is 0 Å². The van der Waals surface area contributed by atoms with Gasteiger partial charge in [0, 0.05) is 27.2 Å². The third-order valence-corrected chi connectivity index (χ3v) is 4.75. The maximum absolute atomic E-state index is 12.4. The number of halogens is 1. The van der Waals surface area contributed by atoms with E-state index in [0.29, 0.717) is 5.56 Å². The van der Waals surface area contributed by atoms with Crippen LogP contribution in [0.3, 0.4) is 0 Å². The molecule has 23 heavy (non-hydrogen) atoms. The van der Waals surface area contributed by atoms with Crippen LogP contribution >= 0.6 is 11.6 Å². The number of carbonyl (C=O) groups excluding carboxylic acids is 1. The number of hydrogen-bond acceptors (Lipinski definition) is 1. The van der Waals surface area contributed by atoms with Crippen molar-refractivity contribution in [1.82, 2.24) is 10.3 Å². The maximum Gasteiger partial charge on any atom is 0.251 e. The van der Waals surface area contributed by atoms with Gasteiger partial charge >= 0.3 is 0 Å². The Labute approximate surface area is 139 Å². The van der Waals surface area contributed by atoms with Crippen LogP contribution in [-0.2, 0) is 6.42 Å². The van der Waals surface area contributed by atoms with Crippen LogP contribution < -0.4 is 5.32 Å². The molecule has 3 aromatic rings. The van der Waals surface area contributed by atoms with E-state index in [9.17, 15) is 4.79 Å². The Morgan fingerprint density at radius 1 is 1.17 bits per heavy atom. The molecular weight excluding hydrogens is 308 g/mol. The molecule has 0 saturated carbocycles. The average molecular weight is 325 g/mol. The number of aromatic nitrogens is 1. The van der Waals surface area contributed by atoms with E-state index >= 15 is 0 Å². The van der Waals surface area contributed by atoms with Crippen LogP contribution in [0.15, 0.2) is 48.5 Å². The van der Waals surface area contributed by atoms with E-state index in [4.69, 9.17) is 11.6 Å². The summed E-state index contributed by atoms with van der Waals surface area (Å²) in [5.41, 5.74) is 4.18. The molecule has 1 amide bonds. The third kappa shape index (κ3) is 2.62. The lowest BCUT2D eigenvalue weighted by Gasteiger charge is -2.24. The van der Waals surface area contributed by atoms with Gasteiger partial charge in [-0.25, -0.2) is 0 Å². The van der Waals surface area contributed by atoms with E-state index in [-0.39, 0.29) is 11.9 Å². The van der Waals surface area contributed by atoms with E-state index in [1.54, 1.807) is 0 Å². The molecule has 4 rings (SSSR count). The van der Waals surface area contributed by atoms with Crippen LogP contribution in [0.1, 0.15) is 40.5 Å². The molecule has 0 saturated heterocycles. The first kappa shape index (κ1) is 14.3. The van der Waals surface area contributed by atoms with Crippen molar-refractivity contribution in [2.24, 2.45) is 0 Å². The largest absolute Gasteiger partial charge is 0.356 e. The minimum Gasteiger partial charge on any atom is -0.356 e. The van der Waals surface area contributed by atoms with Crippen LogP contribution in [0, 0.1) is 0 Å². The fourth-order valence-corrected chi connectivity index (χ4v) is 3.58. The van der Waals surface area contributed by atoms with E-state index in [1.807, 2.05) is 48.5 Å². The molecule has 1 heterocycles. The number of aryl methyl sites for hydroxylation is 1. The highest BCUT2D eigenvalue weighted by atomic mass is 35.5. The number of amides is 1. The summed E-state index contributed by atoms with van der Waals surface area (Å²) in [6, 6.07) is 15.3. The second-order valence-electron chi connectivity index (χ2n) is 5.99. The number of nitrogens with one attached hydrogen (secondary N) is 2. The lowest BCUT2D eigenvalue weighted by molar-refractivity contribution is 0.0932. The number of aromatic amines is 1. The second-order valence-corrected chi connectivity index (χ2v) is 6.43. The first-order valence-electron chi connectivity index (χ1n) is 7.88. The van der Waals surface area contributed by atoms with E-state index in [0.717, 1.165) is 35.5 Å². The standard InChI is InChI=1S/C19H17ClN2O/c20-13-9-10-16-15(11-13)14-7-4-8-17(18(14)21-16)22-19(23)12-5-2-1-3-6-12/h1-3,5-6,9-11,17,21H,4,7-8H2,(H,22,23)/t17-/m0/s1. The van der Waals surface area contributed by atoms with Crippen molar-refractivity contribution >= 4 is 28.4 Å². The average Bonchev–Trinajstić information content (AvgIpc) is 2.95. The SMILES string of the molecule is O=C(N[C@H]1CCCc2c1[nH]c1ccc(Cl)cc21)c1ccccc1. The Bertz CT molecular complexity index is 870. The van der Waals surface area contributed by atoms with Gasteiger partial charge in [0.05, 0.1) is 6.04 Å². The molecule has 0 bridgehead atoms. The molecule has 1 aliphatic rings. The molecule has 1 aliphatic carbocycles. The smallest absolute Gasteiger partial charge is 0.251 e. The highest BCUT2D eigenvalue weighted by Gasteiger charge is 2.25. The molecule has 0 unspecified atom stereocenters. The molecular formula is C19H17ClN2O. The fraction of sp³-hybridized carbons (Fsp3) is 0.211. The first-order valence-corrected chi connectivity index (χ1v) is 8.26. The molecule has 0 aliphatic heterocycles. The van der Waals surface area contributed by atoms with Gasteiger partial charge in [-0.1, -0.05) is 29.8 Å². The summed E-state index contributed by atoms with van der Waals surface area (Å²) < 4.78 is 0. The summed E-state index contributed by atoms with van der Waals surface area (Å²) in [5.74, 6) is -0.0276. The van der Waals surface area contributed by atoms with Gasteiger partial charge < -0.3 is 10.3 Å². The molecule has 0 spiro atoms. The molecule has 4 heteroatoms. The molecule has 0 radical (unpaired) electrons.